The molecule has 0 saturated carbocycles. The molecule has 0 aliphatic carbocycles. The van der Waals surface area contributed by atoms with Gasteiger partial charge in [0.05, 0.1) is 12.1 Å². The van der Waals surface area contributed by atoms with Crippen molar-refractivity contribution in [3.63, 3.8) is 0 Å². The average Bonchev–Trinajstić information content (AvgIpc) is 3.18. The maximum atomic E-state index is 10.7. The van der Waals surface area contributed by atoms with E-state index in [1.54, 1.807) is 30.6 Å². The molecule has 0 amide bonds. The molecule has 2 aliphatic heterocycles. The maximum absolute atomic E-state index is 10.7. The zero-order chi connectivity index (χ0) is 19.5. The largest absolute Gasteiger partial charge is 0.507 e. The van der Waals surface area contributed by atoms with Crippen LogP contribution in [0.25, 0.3) is 5.76 Å². The molecule has 0 bridgehead atoms. The van der Waals surface area contributed by atoms with Gasteiger partial charge in [-0.1, -0.05) is 0 Å². The molecule has 0 saturated heterocycles. The third-order valence-corrected chi connectivity index (χ3v) is 4.56. The Kier molecular flexibility index (Phi) is 4.84. The molecule has 0 unspecified atom stereocenters. The smallest absolute Gasteiger partial charge is 0.303 e. The number of carboxylic acid groups (broad SMARTS) is 1. The Morgan fingerprint density at radius 1 is 1.25 bits per heavy atom. The lowest BCUT2D eigenvalue weighted by atomic mass is 10.1. The summed E-state index contributed by atoms with van der Waals surface area (Å²) in [6.45, 7) is 1.33. The molecular formula is C20H19N5O3. The van der Waals surface area contributed by atoms with E-state index in [2.05, 4.69) is 20.0 Å². The third-order valence-electron chi connectivity index (χ3n) is 4.56. The fourth-order valence-electron chi connectivity index (χ4n) is 3.21. The van der Waals surface area contributed by atoms with E-state index in [0.29, 0.717) is 43.1 Å². The standard InChI is InChI=1S/C20H19N5O3/c26-16(13-3-2-8-21-12-13)11-17-24-19-15(20-22-9-10-25(17)20)7-6-14(23-19)4-1-5-18(27)28/h2-3,6-8,11-12,26H,1,4-5,9-10H2,(H,27,28)/b16-11-. The zero-order valence-corrected chi connectivity index (χ0v) is 15.1. The summed E-state index contributed by atoms with van der Waals surface area (Å²) in [6, 6.07) is 7.35. The molecule has 0 radical (unpaired) electrons. The molecule has 2 N–H and O–H groups in total. The third kappa shape index (κ3) is 3.62. The van der Waals surface area contributed by atoms with Crippen LogP contribution in [0.15, 0.2) is 52.7 Å². The lowest BCUT2D eigenvalue weighted by molar-refractivity contribution is -0.137. The van der Waals surface area contributed by atoms with Crippen LogP contribution in [0.2, 0.25) is 0 Å². The van der Waals surface area contributed by atoms with Crippen LogP contribution in [-0.2, 0) is 11.2 Å². The highest BCUT2D eigenvalue weighted by Gasteiger charge is 2.29. The molecule has 142 valence electrons. The summed E-state index contributed by atoms with van der Waals surface area (Å²) >= 11 is 0. The summed E-state index contributed by atoms with van der Waals surface area (Å²) in [7, 11) is 0. The lowest BCUT2D eigenvalue weighted by Gasteiger charge is -2.25. The molecule has 0 spiro atoms. The number of aliphatic carboxylic acids is 1. The zero-order valence-electron chi connectivity index (χ0n) is 15.1. The number of hydrogen-bond donors (Lipinski definition) is 2. The van der Waals surface area contributed by atoms with Crippen molar-refractivity contribution in [3.8, 4) is 0 Å². The topological polar surface area (TPSA) is 111 Å². The van der Waals surface area contributed by atoms with Gasteiger partial charge in [0.25, 0.3) is 0 Å². The molecule has 2 aromatic rings. The predicted octanol–water partition coefficient (Wildman–Crippen LogP) is 2.59. The van der Waals surface area contributed by atoms with Crippen LogP contribution < -0.4 is 0 Å². The quantitative estimate of drug-likeness (QED) is 0.749. The molecule has 2 aliphatic rings. The maximum Gasteiger partial charge on any atom is 0.303 e. The molecule has 2 aromatic heterocycles. The molecule has 4 rings (SSSR count). The van der Waals surface area contributed by atoms with Gasteiger partial charge < -0.3 is 15.1 Å². The van der Waals surface area contributed by atoms with Gasteiger partial charge in [-0.3, -0.25) is 14.8 Å². The average molecular weight is 377 g/mol. The van der Waals surface area contributed by atoms with Crippen molar-refractivity contribution in [1.82, 2.24) is 14.9 Å². The number of carbonyl (C=O) groups is 1. The first-order chi connectivity index (χ1) is 13.6. The van der Waals surface area contributed by atoms with Crippen LogP contribution in [0.4, 0.5) is 5.82 Å². The Morgan fingerprint density at radius 3 is 2.93 bits per heavy atom. The van der Waals surface area contributed by atoms with E-state index in [1.165, 1.54) is 0 Å². The fourth-order valence-corrected chi connectivity index (χ4v) is 3.21. The summed E-state index contributed by atoms with van der Waals surface area (Å²) in [5, 5.41) is 19.3. The first-order valence-electron chi connectivity index (χ1n) is 9.05. The van der Waals surface area contributed by atoms with E-state index in [4.69, 9.17) is 5.11 Å². The number of nitrogens with zero attached hydrogens (tertiary/aromatic N) is 5. The first-order valence-corrected chi connectivity index (χ1v) is 9.05. The highest BCUT2D eigenvalue weighted by molar-refractivity contribution is 6.19. The number of aliphatic hydroxyl groups excluding tert-OH is 1. The number of aliphatic imine (C=N–C) groups is 2. The molecule has 0 aromatic carbocycles. The van der Waals surface area contributed by atoms with Gasteiger partial charge in [0.15, 0.2) is 5.82 Å². The molecular weight excluding hydrogens is 358 g/mol. The van der Waals surface area contributed by atoms with Crippen molar-refractivity contribution in [2.24, 2.45) is 9.98 Å². The van der Waals surface area contributed by atoms with Crippen LogP contribution in [0.3, 0.4) is 0 Å². The Balaban J connectivity index is 1.66. The number of carboxylic acids is 1. The van der Waals surface area contributed by atoms with Crippen LogP contribution in [0.5, 0.6) is 0 Å². The Morgan fingerprint density at radius 2 is 2.14 bits per heavy atom. The van der Waals surface area contributed by atoms with Crippen molar-refractivity contribution in [2.45, 2.75) is 19.3 Å². The van der Waals surface area contributed by atoms with Gasteiger partial charge in [-0.2, -0.15) is 0 Å². The first kappa shape index (κ1) is 17.8. The van der Waals surface area contributed by atoms with Gasteiger partial charge in [0, 0.05) is 42.7 Å². The molecule has 8 nitrogen and oxygen atoms in total. The van der Waals surface area contributed by atoms with Crippen LogP contribution in [-0.4, -0.2) is 55.8 Å². The molecule has 4 heterocycles. The number of aliphatic hydroxyl groups is 1. The van der Waals surface area contributed by atoms with Gasteiger partial charge in [0.1, 0.15) is 17.4 Å². The number of pyridine rings is 2. The number of hydrogen-bond acceptors (Lipinski definition) is 7. The van der Waals surface area contributed by atoms with Crippen LogP contribution in [0, 0.1) is 0 Å². The van der Waals surface area contributed by atoms with E-state index >= 15 is 0 Å². The van der Waals surface area contributed by atoms with Gasteiger partial charge >= 0.3 is 5.97 Å². The Bertz CT molecular complexity index is 998. The van der Waals surface area contributed by atoms with E-state index in [0.717, 1.165) is 17.1 Å². The summed E-state index contributed by atoms with van der Waals surface area (Å²) in [6.07, 6.45) is 6.02. The number of fused-ring (bicyclic) bond motifs is 3. The van der Waals surface area contributed by atoms with Crippen molar-refractivity contribution < 1.29 is 15.0 Å². The number of amidine groups is 2. The monoisotopic (exact) mass is 377 g/mol. The van der Waals surface area contributed by atoms with E-state index in [1.807, 2.05) is 17.0 Å². The van der Waals surface area contributed by atoms with Crippen LogP contribution in [0.1, 0.15) is 29.7 Å². The van der Waals surface area contributed by atoms with Crippen molar-refractivity contribution in [3.05, 3.63) is 59.6 Å². The minimum absolute atomic E-state index is 0.0687. The molecule has 0 atom stereocenters. The summed E-state index contributed by atoms with van der Waals surface area (Å²) < 4.78 is 0. The van der Waals surface area contributed by atoms with Crippen LogP contribution >= 0.6 is 0 Å². The lowest BCUT2D eigenvalue weighted by Crippen LogP contribution is -2.36. The second-order valence-corrected chi connectivity index (χ2v) is 6.52. The fraction of sp³-hybridized carbons (Fsp3) is 0.250. The Hall–Kier alpha value is -3.55. The number of aryl methyl sites for hydroxylation is 1. The normalized spacial score (nSPS) is 15.6. The SMILES string of the molecule is O=C(O)CCCc1ccc2c(n1)N=C(/C=C(\O)c1cccnc1)N1CCN=C21. The molecule has 0 fully saturated rings. The minimum Gasteiger partial charge on any atom is -0.507 e. The molecule has 8 heteroatoms. The summed E-state index contributed by atoms with van der Waals surface area (Å²) in [5.74, 6) is 1.15. The van der Waals surface area contributed by atoms with Gasteiger partial charge in [-0.05, 0) is 37.1 Å². The molecule has 28 heavy (non-hydrogen) atoms. The van der Waals surface area contributed by atoms with Gasteiger partial charge in [0.2, 0.25) is 0 Å². The minimum atomic E-state index is -0.815. The second kappa shape index (κ2) is 7.59. The van der Waals surface area contributed by atoms with Crippen molar-refractivity contribution in [1.29, 1.82) is 0 Å². The second-order valence-electron chi connectivity index (χ2n) is 6.52. The summed E-state index contributed by atoms with van der Waals surface area (Å²) in [4.78, 5) is 30.5. The van der Waals surface area contributed by atoms with E-state index < -0.39 is 5.97 Å². The van der Waals surface area contributed by atoms with Gasteiger partial charge in [-0.25, -0.2) is 9.98 Å². The van der Waals surface area contributed by atoms with E-state index in [9.17, 15) is 9.90 Å². The van der Waals surface area contributed by atoms with Crippen molar-refractivity contribution in [2.75, 3.05) is 13.1 Å². The highest BCUT2D eigenvalue weighted by atomic mass is 16.4. The van der Waals surface area contributed by atoms with Gasteiger partial charge in [-0.15, -0.1) is 0 Å². The number of aromatic nitrogens is 2. The van der Waals surface area contributed by atoms with Crippen molar-refractivity contribution >= 4 is 29.2 Å². The van der Waals surface area contributed by atoms with E-state index in [-0.39, 0.29) is 12.2 Å². The summed E-state index contributed by atoms with van der Waals surface area (Å²) in [5.41, 5.74) is 2.23. The predicted molar refractivity (Wildman–Crippen MR) is 105 cm³/mol. The Labute approximate surface area is 161 Å². The number of rotatable bonds is 6. The highest BCUT2D eigenvalue weighted by Crippen LogP contribution is 2.28.